The third kappa shape index (κ3) is 4.39. The molecular weight excluding hydrogens is 294 g/mol. The Morgan fingerprint density at radius 1 is 1.17 bits per heavy atom. The normalized spacial score (nSPS) is 10.7. The molecule has 0 spiro atoms. The van der Waals surface area contributed by atoms with Crippen molar-refractivity contribution in [3.63, 3.8) is 0 Å². The van der Waals surface area contributed by atoms with Gasteiger partial charge in [0.2, 0.25) is 5.91 Å². The third-order valence-corrected chi connectivity index (χ3v) is 3.43. The summed E-state index contributed by atoms with van der Waals surface area (Å²) in [5, 5.41) is 4.20. The first-order chi connectivity index (χ1) is 11.2. The minimum Gasteiger partial charge on any atom is -0.460 e. The zero-order valence-electron chi connectivity index (χ0n) is 13.9. The maximum Gasteiger partial charge on any atom is 0.336 e. The van der Waals surface area contributed by atoms with Gasteiger partial charge in [-0.25, -0.2) is 0 Å². The third-order valence-electron chi connectivity index (χ3n) is 3.43. The van der Waals surface area contributed by atoms with Gasteiger partial charge in [-0.2, -0.15) is 9.67 Å². The maximum absolute atomic E-state index is 12.3. The van der Waals surface area contributed by atoms with Crippen LogP contribution >= 0.6 is 0 Å². The van der Waals surface area contributed by atoms with Crippen molar-refractivity contribution in [1.29, 1.82) is 0 Å². The predicted molar refractivity (Wildman–Crippen MR) is 87.7 cm³/mol. The molecule has 6 heteroatoms. The first-order valence-electron chi connectivity index (χ1n) is 7.90. The minimum atomic E-state index is -0.0869. The van der Waals surface area contributed by atoms with Gasteiger partial charge in [0, 0.05) is 19.1 Å². The topological polar surface area (TPSA) is 66.2 Å². The summed E-state index contributed by atoms with van der Waals surface area (Å²) < 4.78 is 11.7. The highest BCUT2D eigenvalue weighted by Gasteiger charge is 2.18. The molecule has 1 aromatic heterocycles. The van der Waals surface area contributed by atoms with Crippen molar-refractivity contribution in [2.75, 3.05) is 20.3 Å². The van der Waals surface area contributed by atoms with E-state index in [9.17, 15) is 4.79 Å². The summed E-state index contributed by atoms with van der Waals surface area (Å²) in [5.41, 5.74) is 2.08. The van der Waals surface area contributed by atoms with Gasteiger partial charge < -0.3 is 9.47 Å². The second kappa shape index (κ2) is 8.43. The van der Waals surface area contributed by atoms with Crippen LogP contribution < -0.4 is 4.74 Å². The van der Waals surface area contributed by atoms with Crippen molar-refractivity contribution in [2.45, 2.75) is 33.1 Å². The minimum absolute atomic E-state index is 0.0869. The number of hydrogen-bond acceptors (Lipinski definition) is 5. The van der Waals surface area contributed by atoms with E-state index >= 15 is 0 Å². The van der Waals surface area contributed by atoms with Crippen molar-refractivity contribution in [3.05, 3.63) is 29.8 Å². The van der Waals surface area contributed by atoms with E-state index in [4.69, 9.17) is 9.47 Å². The summed E-state index contributed by atoms with van der Waals surface area (Å²) >= 11 is 0. The van der Waals surface area contributed by atoms with Crippen LogP contribution in [-0.4, -0.2) is 41.0 Å². The molecular formula is C17H23N3O3. The number of methoxy groups -OCH3 is 1. The number of nitrogens with zero attached hydrogens (tertiary/aromatic N) is 3. The molecule has 0 bridgehead atoms. The molecule has 0 atom stereocenters. The molecule has 0 aliphatic rings. The lowest BCUT2D eigenvalue weighted by Crippen LogP contribution is -2.13. The van der Waals surface area contributed by atoms with Crippen molar-refractivity contribution < 1.29 is 14.3 Å². The summed E-state index contributed by atoms with van der Waals surface area (Å²) in [6, 6.07) is 8.17. The number of carbonyl (C=O) groups excluding carboxylic acids is 1. The largest absolute Gasteiger partial charge is 0.460 e. The smallest absolute Gasteiger partial charge is 0.336 e. The fraction of sp³-hybridized carbons (Fsp3) is 0.471. The van der Waals surface area contributed by atoms with Crippen LogP contribution in [0.25, 0.3) is 11.4 Å². The average Bonchev–Trinajstić information content (AvgIpc) is 3.00. The monoisotopic (exact) mass is 317 g/mol. The number of aromatic nitrogens is 3. The van der Waals surface area contributed by atoms with Gasteiger partial charge in [0.15, 0.2) is 5.82 Å². The molecule has 6 nitrogen and oxygen atoms in total. The van der Waals surface area contributed by atoms with Gasteiger partial charge in [0.1, 0.15) is 6.61 Å². The van der Waals surface area contributed by atoms with Crippen LogP contribution in [0.2, 0.25) is 0 Å². The molecule has 0 unspecified atom stereocenters. The quantitative estimate of drug-likeness (QED) is 0.700. The highest BCUT2D eigenvalue weighted by molar-refractivity contribution is 5.82. The fourth-order valence-electron chi connectivity index (χ4n) is 2.14. The Labute approximate surface area is 136 Å². The Balaban J connectivity index is 2.31. The lowest BCUT2D eigenvalue weighted by Gasteiger charge is -2.04. The van der Waals surface area contributed by atoms with E-state index in [0.29, 0.717) is 25.5 Å². The van der Waals surface area contributed by atoms with E-state index in [-0.39, 0.29) is 11.9 Å². The summed E-state index contributed by atoms with van der Waals surface area (Å²) in [7, 11) is 1.60. The molecule has 1 aromatic carbocycles. The Bertz CT molecular complexity index is 635. The molecule has 0 aliphatic carbocycles. The molecule has 0 saturated carbocycles. The lowest BCUT2D eigenvalue weighted by molar-refractivity contribution is 0.0884. The average molecular weight is 317 g/mol. The molecule has 124 valence electrons. The van der Waals surface area contributed by atoms with E-state index in [0.717, 1.165) is 18.4 Å². The van der Waals surface area contributed by atoms with Crippen LogP contribution in [0.5, 0.6) is 6.01 Å². The van der Waals surface area contributed by atoms with Crippen molar-refractivity contribution >= 4 is 5.91 Å². The van der Waals surface area contributed by atoms with Crippen molar-refractivity contribution in [2.24, 2.45) is 0 Å². The predicted octanol–water partition coefficient (Wildman–Crippen LogP) is 2.97. The number of hydrogen-bond donors (Lipinski definition) is 0. The van der Waals surface area contributed by atoms with Gasteiger partial charge in [-0.05, 0) is 18.4 Å². The van der Waals surface area contributed by atoms with E-state index in [1.165, 1.54) is 10.2 Å². The van der Waals surface area contributed by atoms with Crippen molar-refractivity contribution in [1.82, 2.24) is 14.8 Å². The molecule has 2 rings (SSSR count). The fourth-order valence-corrected chi connectivity index (χ4v) is 2.14. The van der Waals surface area contributed by atoms with Crippen LogP contribution in [0.15, 0.2) is 24.3 Å². The van der Waals surface area contributed by atoms with Crippen molar-refractivity contribution in [3.8, 4) is 17.4 Å². The second-order valence-electron chi connectivity index (χ2n) is 5.17. The molecule has 0 N–H and O–H groups in total. The van der Waals surface area contributed by atoms with Crippen LogP contribution in [0.1, 0.15) is 37.0 Å². The SMILES string of the molecule is CCCC(=O)n1nc(OCCOC)nc1-c1ccc(CC)cc1. The van der Waals surface area contributed by atoms with Gasteiger partial charge in [-0.1, -0.05) is 38.1 Å². The Morgan fingerprint density at radius 3 is 2.52 bits per heavy atom. The van der Waals surface area contributed by atoms with Crippen LogP contribution in [0, 0.1) is 0 Å². The molecule has 0 radical (unpaired) electrons. The van der Waals surface area contributed by atoms with E-state index < -0.39 is 0 Å². The number of aryl methyl sites for hydroxylation is 1. The van der Waals surface area contributed by atoms with Gasteiger partial charge in [0.05, 0.1) is 6.61 Å². The second-order valence-corrected chi connectivity index (χ2v) is 5.17. The van der Waals surface area contributed by atoms with E-state index in [1.807, 2.05) is 31.2 Å². The molecule has 2 aromatic rings. The summed E-state index contributed by atoms with van der Waals surface area (Å²) in [5.74, 6) is 0.426. The molecule has 0 amide bonds. The Morgan fingerprint density at radius 2 is 1.91 bits per heavy atom. The van der Waals surface area contributed by atoms with E-state index in [2.05, 4.69) is 17.0 Å². The maximum atomic E-state index is 12.3. The number of ether oxygens (including phenoxy) is 2. The number of benzene rings is 1. The van der Waals surface area contributed by atoms with Gasteiger partial charge in [-0.3, -0.25) is 4.79 Å². The van der Waals surface area contributed by atoms with Crippen LogP contribution in [0.4, 0.5) is 0 Å². The Hall–Kier alpha value is -2.21. The zero-order chi connectivity index (χ0) is 16.7. The summed E-state index contributed by atoms with van der Waals surface area (Å²) in [4.78, 5) is 16.6. The first-order valence-corrected chi connectivity index (χ1v) is 7.90. The molecule has 0 saturated heterocycles. The summed E-state index contributed by atoms with van der Waals surface area (Å²) in [6.45, 7) is 4.85. The number of carbonyl (C=O) groups is 1. The summed E-state index contributed by atoms with van der Waals surface area (Å²) in [6.07, 6.45) is 2.14. The molecule has 23 heavy (non-hydrogen) atoms. The Kier molecular flexibility index (Phi) is 6.29. The van der Waals surface area contributed by atoms with Gasteiger partial charge in [0.25, 0.3) is 0 Å². The van der Waals surface area contributed by atoms with Crippen LogP contribution in [0.3, 0.4) is 0 Å². The first kappa shape index (κ1) is 17.1. The van der Waals surface area contributed by atoms with E-state index in [1.54, 1.807) is 7.11 Å². The number of rotatable bonds is 8. The standard InChI is InChI=1S/C17H23N3O3/c1-4-6-15(21)20-16(14-9-7-13(5-2)8-10-14)18-17(19-20)23-12-11-22-3/h7-10H,4-6,11-12H2,1-3H3. The molecule has 1 heterocycles. The molecule has 0 fully saturated rings. The lowest BCUT2D eigenvalue weighted by atomic mass is 10.1. The molecule has 0 aliphatic heterocycles. The van der Waals surface area contributed by atoms with Gasteiger partial charge in [-0.15, -0.1) is 5.10 Å². The zero-order valence-corrected chi connectivity index (χ0v) is 13.9. The highest BCUT2D eigenvalue weighted by Crippen LogP contribution is 2.21. The van der Waals surface area contributed by atoms with Crippen LogP contribution in [-0.2, 0) is 11.2 Å². The van der Waals surface area contributed by atoms with Gasteiger partial charge >= 0.3 is 6.01 Å². The highest BCUT2D eigenvalue weighted by atomic mass is 16.5.